The minimum atomic E-state index is 0.282. The highest BCUT2D eigenvalue weighted by Gasteiger charge is 2.10. The first-order chi connectivity index (χ1) is 7.08. The zero-order chi connectivity index (χ0) is 11.0. The molecule has 0 spiro atoms. The van der Waals surface area contributed by atoms with E-state index < -0.39 is 0 Å². The third-order valence-corrected chi connectivity index (χ3v) is 5.03. The summed E-state index contributed by atoms with van der Waals surface area (Å²) < 4.78 is 1.60. The molecule has 15 heavy (non-hydrogen) atoms. The molecule has 0 bridgehead atoms. The molecule has 0 fully saturated rings. The van der Waals surface area contributed by atoms with Gasteiger partial charge < -0.3 is 5.11 Å². The number of hydrogen-bond acceptors (Lipinski definition) is 4. The van der Waals surface area contributed by atoms with Crippen LogP contribution in [0.25, 0.3) is 10.4 Å². The molecule has 0 amide bonds. The fourth-order valence-corrected chi connectivity index (χ4v) is 3.99. The van der Waals surface area contributed by atoms with E-state index in [4.69, 9.17) is 12.2 Å². The Morgan fingerprint density at radius 1 is 1.40 bits per heavy atom. The number of phenolic OH excluding ortho intramolecular Hbond substituents is 1. The van der Waals surface area contributed by atoms with Gasteiger partial charge in [0.05, 0.1) is 9.35 Å². The van der Waals surface area contributed by atoms with Crippen molar-refractivity contribution in [2.45, 2.75) is 6.92 Å². The van der Waals surface area contributed by atoms with Crippen molar-refractivity contribution in [3.05, 3.63) is 30.7 Å². The predicted octanol–water partition coefficient (Wildman–Crippen LogP) is 4.98. The Labute approximate surface area is 109 Å². The van der Waals surface area contributed by atoms with Crippen molar-refractivity contribution in [1.82, 2.24) is 0 Å². The van der Waals surface area contributed by atoms with Gasteiger partial charge in [-0.3, -0.25) is 0 Å². The van der Waals surface area contributed by atoms with Gasteiger partial charge in [-0.05, 0) is 40.5 Å². The summed E-state index contributed by atoms with van der Waals surface area (Å²) in [7, 11) is 0. The first-order valence-corrected chi connectivity index (χ1v) is 7.06. The molecule has 1 heterocycles. The maximum atomic E-state index is 9.92. The second-order valence-corrected chi connectivity index (χ2v) is 7.06. The Bertz CT molecular complexity index is 556. The molecule has 1 nitrogen and oxygen atoms in total. The lowest BCUT2D eigenvalue weighted by Crippen LogP contribution is -1.79. The van der Waals surface area contributed by atoms with Gasteiger partial charge >= 0.3 is 0 Å². The Balaban J connectivity index is 2.67. The van der Waals surface area contributed by atoms with Gasteiger partial charge in [0.2, 0.25) is 0 Å². The van der Waals surface area contributed by atoms with Gasteiger partial charge in [0.25, 0.3) is 0 Å². The van der Waals surface area contributed by atoms with Crippen molar-refractivity contribution in [3.63, 3.8) is 0 Å². The zero-order valence-corrected chi connectivity index (χ0v) is 11.8. The van der Waals surface area contributed by atoms with Crippen LogP contribution in [0.3, 0.4) is 0 Å². The van der Waals surface area contributed by atoms with Crippen molar-refractivity contribution < 1.29 is 5.11 Å². The van der Waals surface area contributed by atoms with E-state index in [2.05, 4.69) is 15.9 Å². The summed E-state index contributed by atoms with van der Waals surface area (Å²) in [6.07, 6.45) is 0. The van der Waals surface area contributed by atoms with Crippen LogP contribution in [0.1, 0.15) is 5.56 Å². The zero-order valence-electron chi connectivity index (χ0n) is 7.78. The van der Waals surface area contributed by atoms with Crippen LogP contribution in [0.4, 0.5) is 0 Å². The van der Waals surface area contributed by atoms with E-state index in [0.717, 1.165) is 23.6 Å². The van der Waals surface area contributed by atoms with Crippen LogP contribution in [0, 0.1) is 10.1 Å². The molecule has 0 unspecified atom stereocenters. The number of benzene rings is 1. The van der Waals surface area contributed by atoms with Crippen LogP contribution in [0.2, 0.25) is 0 Å². The normalized spacial score (nSPS) is 10.5. The molecule has 78 valence electrons. The van der Waals surface area contributed by atoms with Crippen molar-refractivity contribution in [2.24, 2.45) is 0 Å². The highest BCUT2D eigenvalue weighted by molar-refractivity contribution is 9.10. The van der Waals surface area contributed by atoms with E-state index in [1.54, 1.807) is 0 Å². The Morgan fingerprint density at radius 2 is 2.13 bits per heavy atom. The van der Waals surface area contributed by atoms with E-state index in [-0.39, 0.29) is 5.75 Å². The average Bonchev–Trinajstić information content (AvgIpc) is 2.58. The molecule has 0 atom stereocenters. The molecule has 1 N–H and O–H groups in total. The molecule has 2 aromatic rings. The van der Waals surface area contributed by atoms with E-state index >= 15 is 0 Å². The van der Waals surface area contributed by atoms with E-state index in [0.29, 0.717) is 0 Å². The number of halogens is 1. The predicted molar refractivity (Wildman–Crippen MR) is 72.6 cm³/mol. The minimum Gasteiger partial charge on any atom is -0.506 e. The van der Waals surface area contributed by atoms with Gasteiger partial charge in [0.1, 0.15) is 8.89 Å². The molecule has 0 aliphatic rings. The molecular weight excluding hydrogens is 312 g/mol. The van der Waals surface area contributed by atoms with Crippen LogP contribution in [-0.2, 0) is 0 Å². The summed E-state index contributed by atoms with van der Waals surface area (Å²) >= 11 is 11.5. The number of rotatable bonds is 1. The first-order valence-electron chi connectivity index (χ1n) is 4.16. The quantitative estimate of drug-likeness (QED) is 0.748. The summed E-state index contributed by atoms with van der Waals surface area (Å²) in [5, 5.41) is 11.9. The van der Waals surface area contributed by atoms with Crippen molar-refractivity contribution >= 4 is 50.8 Å². The Hall–Kier alpha value is -0.230. The van der Waals surface area contributed by atoms with E-state index in [1.807, 2.05) is 24.4 Å². The smallest absolute Gasteiger partial charge is 0.144 e. The van der Waals surface area contributed by atoms with E-state index in [9.17, 15) is 5.11 Å². The molecule has 1 aromatic carbocycles. The number of phenols is 1. The van der Waals surface area contributed by atoms with E-state index in [1.165, 1.54) is 22.7 Å². The van der Waals surface area contributed by atoms with Crippen molar-refractivity contribution in [2.75, 3.05) is 0 Å². The molecule has 0 aliphatic heterocycles. The Morgan fingerprint density at radius 3 is 2.73 bits per heavy atom. The molecule has 5 heteroatoms. The number of hydrogen-bond donors (Lipinski definition) is 1. The van der Waals surface area contributed by atoms with Gasteiger partial charge in [0.15, 0.2) is 0 Å². The molecule has 0 saturated heterocycles. The maximum absolute atomic E-state index is 9.92. The van der Waals surface area contributed by atoms with Crippen LogP contribution in [-0.4, -0.2) is 5.11 Å². The molecule has 0 saturated carbocycles. The molecule has 0 radical (unpaired) electrons. The summed E-state index contributed by atoms with van der Waals surface area (Å²) in [4.78, 5) is 1.02. The lowest BCUT2D eigenvalue weighted by molar-refractivity contribution is 0.474. The number of aromatic hydroxyl groups is 1. The van der Waals surface area contributed by atoms with Crippen LogP contribution >= 0.6 is 50.8 Å². The molecular formula is C10H7BrOS3. The Kier molecular flexibility index (Phi) is 3.25. The van der Waals surface area contributed by atoms with Gasteiger partial charge in [-0.25, -0.2) is 0 Å². The van der Waals surface area contributed by atoms with Gasteiger partial charge in [0, 0.05) is 10.9 Å². The van der Waals surface area contributed by atoms with Crippen LogP contribution in [0.15, 0.2) is 22.0 Å². The number of aryl methyl sites for hydroxylation is 1. The monoisotopic (exact) mass is 318 g/mol. The summed E-state index contributed by atoms with van der Waals surface area (Å²) in [5.74, 6) is 0.282. The second kappa shape index (κ2) is 4.33. The lowest BCUT2D eigenvalue weighted by atomic mass is 10.1. The highest BCUT2D eigenvalue weighted by Crippen LogP contribution is 2.39. The summed E-state index contributed by atoms with van der Waals surface area (Å²) in [6.45, 7) is 2.00. The molecule has 2 rings (SSSR count). The maximum Gasteiger partial charge on any atom is 0.144 e. The third kappa shape index (κ3) is 2.30. The standard InChI is InChI=1S/C10H7BrOS3/c1-5-2-6(9(12)7(11)3-5)8-4-14-10(13)15-8/h2-4,12H,1H3. The lowest BCUT2D eigenvalue weighted by Gasteiger charge is -2.05. The molecule has 0 aliphatic carbocycles. The fraction of sp³-hybridized carbons (Fsp3) is 0.100. The minimum absolute atomic E-state index is 0.282. The summed E-state index contributed by atoms with van der Waals surface area (Å²) in [5.41, 5.74) is 1.96. The largest absolute Gasteiger partial charge is 0.506 e. The van der Waals surface area contributed by atoms with Crippen molar-refractivity contribution in [1.29, 1.82) is 0 Å². The van der Waals surface area contributed by atoms with Crippen molar-refractivity contribution in [3.8, 4) is 16.2 Å². The SMILES string of the molecule is Cc1cc(Br)c(O)c(-c2csc(=S)s2)c1. The highest BCUT2D eigenvalue weighted by atomic mass is 79.9. The topological polar surface area (TPSA) is 20.2 Å². The van der Waals surface area contributed by atoms with Crippen LogP contribution in [0.5, 0.6) is 5.75 Å². The summed E-state index contributed by atoms with van der Waals surface area (Å²) in [6, 6.07) is 3.86. The second-order valence-electron chi connectivity index (χ2n) is 3.09. The van der Waals surface area contributed by atoms with Gasteiger partial charge in [-0.2, -0.15) is 0 Å². The first kappa shape index (κ1) is 11.3. The molecule has 1 aromatic heterocycles. The van der Waals surface area contributed by atoms with Crippen LogP contribution < -0.4 is 0 Å². The van der Waals surface area contributed by atoms with Gasteiger partial charge in [-0.1, -0.05) is 12.2 Å². The van der Waals surface area contributed by atoms with Gasteiger partial charge in [-0.15, -0.1) is 22.7 Å². The third-order valence-electron chi connectivity index (χ3n) is 1.93. The average molecular weight is 319 g/mol. The fourth-order valence-electron chi connectivity index (χ4n) is 1.28.